The van der Waals surface area contributed by atoms with Crippen molar-refractivity contribution in [1.29, 1.82) is 0 Å². The maximum Gasteiger partial charge on any atom is 0.245 e. The summed E-state index contributed by atoms with van der Waals surface area (Å²) in [6.45, 7) is 4.64. The Labute approximate surface area is 129 Å². The van der Waals surface area contributed by atoms with Crippen LogP contribution in [0.25, 0.3) is 11.4 Å². The molecule has 3 rings (SSSR count). The summed E-state index contributed by atoms with van der Waals surface area (Å²) in [5.74, 6) is 2.05. The van der Waals surface area contributed by atoms with Crippen LogP contribution in [0.15, 0.2) is 18.2 Å². The van der Waals surface area contributed by atoms with E-state index in [1.54, 1.807) is 0 Å². The average molecular weight is 306 g/mol. The molecule has 21 heavy (non-hydrogen) atoms. The Kier molecular flexibility index (Phi) is 4.12. The number of hydrogen-bond donors (Lipinski definition) is 2. The van der Waals surface area contributed by atoms with Crippen LogP contribution in [0.5, 0.6) is 0 Å². The van der Waals surface area contributed by atoms with E-state index in [-0.39, 0.29) is 0 Å². The lowest BCUT2D eigenvalue weighted by Crippen LogP contribution is -2.38. The van der Waals surface area contributed by atoms with Gasteiger partial charge in [0.2, 0.25) is 5.95 Å². The lowest BCUT2D eigenvalue weighted by atomic mass is 9.99. The number of anilines is 1. The lowest BCUT2D eigenvalue weighted by molar-refractivity contribution is 0.420. The molecule has 1 fully saturated rings. The minimum Gasteiger partial charge on any atom is -0.339 e. The molecule has 2 heterocycles. The van der Waals surface area contributed by atoms with Crippen molar-refractivity contribution in [2.45, 2.75) is 19.8 Å². The first-order valence-electron chi connectivity index (χ1n) is 7.32. The van der Waals surface area contributed by atoms with Crippen molar-refractivity contribution in [3.8, 4) is 11.4 Å². The first-order valence-corrected chi connectivity index (χ1v) is 7.69. The monoisotopic (exact) mass is 305 g/mol. The van der Waals surface area contributed by atoms with Crippen LogP contribution < -0.4 is 10.6 Å². The standard InChI is InChI=1S/C15H20ClN5/c1-10-12(5-2-6-13(10)16)14-18-15(20-19-14)21-7-3-4-11(8-17)9-21/h2,5-6,11H,3-4,7-9,17H2,1H3,(H,18,19,20). The highest BCUT2D eigenvalue weighted by Crippen LogP contribution is 2.27. The van der Waals surface area contributed by atoms with E-state index in [2.05, 4.69) is 20.1 Å². The molecule has 0 spiro atoms. The number of aromatic amines is 1. The summed E-state index contributed by atoms with van der Waals surface area (Å²) in [7, 11) is 0. The lowest BCUT2D eigenvalue weighted by Gasteiger charge is -2.31. The molecule has 1 atom stereocenters. The topological polar surface area (TPSA) is 70.8 Å². The van der Waals surface area contributed by atoms with Crippen molar-refractivity contribution in [2.75, 3.05) is 24.5 Å². The second-order valence-electron chi connectivity index (χ2n) is 5.59. The van der Waals surface area contributed by atoms with Crippen molar-refractivity contribution in [1.82, 2.24) is 15.2 Å². The number of aromatic nitrogens is 3. The van der Waals surface area contributed by atoms with Crippen molar-refractivity contribution >= 4 is 17.5 Å². The first-order chi connectivity index (χ1) is 10.2. The van der Waals surface area contributed by atoms with E-state index in [1.807, 2.05) is 25.1 Å². The Balaban J connectivity index is 1.85. The Morgan fingerprint density at radius 3 is 3.14 bits per heavy atom. The van der Waals surface area contributed by atoms with Crippen LogP contribution in [0.1, 0.15) is 18.4 Å². The fraction of sp³-hybridized carbons (Fsp3) is 0.467. The van der Waals surface area contributed by atoms with Gasteiger partial charge in [-0.3, -0.25) is 5.10 Å². The smallest absolute Gasteiger partial charge is 0.245 e. The molecule has 0 bridgehead atoms. The number of piperidine rings is 1. The Hall–Kier alpha value is -1.59. The third-order valence-electron chi connectivity index (χ3n) is 4.13. The molecule has 112 valence electrons. The van der Waals surface area contributed by atoms with Gasteiger partial charge >= 0.3 is 0 Å². The minimum atomic E-state index is 0.536. The summed E-state index contributed by atoms with van der Waals surface area (Å²) in [6.07, 6.45) is 2.33. The molecule has 0 amide bonds. The largest absolute Gasteiger partial charge is 0.339 e. The van der Waals surface area contributed by atoms with Gasteiger partial charge in [0.15, 0.2) is 5.82 Å². The van der Waals surface area contributed by atoms with Gasteiger partial charge in [-0.2, -0.15) is 4.98 Å². The zero-order chi connectivity index (χ0) is 14.8. The summed E-state index contributed by atoms with van der Waals surface area (Å²) in [5, 5.41) is 8.13. The van der Waals surface area contributed by atoms with E-state index >= 15 is 0 Å². The highest BCUT2D eigenvalue weighted by molar-refractivity contribution is 6.31. The summed E-state index contributed by atoms with van der Waals surface area (Å²) in [6, 6.07) is 5.82. The van der Waals surface area contributed by atoms with E-state index in [1.165, 1.54) is 6.42 Å². The minimum absolute atomic E-state index is 0.536. The van der Waals surface area contributed by atoms with Crippen LogP contribution in [-0.4, -0.2) is 34.8 Å². The van der Waals surface area contributed by atoms with E-state index < -0.39 is 0 Å². The number of halogens is 1. The molecule has 0 radical (unpaired) electrons. The molecule has 0 saturated carbocycles. The van der Waals surface area contributed by atoms with Crippen LogP contribution in [-0.2, 0) is 0 Å². The number of benzene rings is 1. The first kappa shape index (κ1) is 14.4. The maximum absolute atomic E-state index is 6.17. The van der Waals surface area contributed by atoms with Gasteiger partial charge in [0.25, 0.3) is 0 Å². The molecule has 1 unspecified atom stereocenters. The molecule has 5 nitrogen and oxygen atoms in total. The van der Waals surface area contributed by atoms with E-state index in [4.69, 9.17) is 17.3 Å². The molecule has 6 heteroatoms. The zero-order valence-electron chi connectivity index (χ0n) is 12.1. The Morgan fingerprint density at radius 1 is 1.48 bits per heavy atom. The number of rotatable bonds is 3. The summed E-state index contributed by atoms with van der Waals surface area (Å²) < 4.78 is 0. The number of hydrogen-bond acceptors (Lipinski definition) is 4. The number of nitrogens with one attached hydrogen (secondary N) is 1. The van der Waals surface area contributed by atoms with Gasteiger partial charge in [-0.05, 0) is 43.9 Å². The van der Waals surface area contributed by atoms with E-state index in [0.29, 0.717) is 5.92 Å². The molecule has 1 aliphatic rings. The zero-order valence-corrected chi connectivity index (χ0v) is 12.9. The molecule has 1 aromatic carbocycles. The van der Waals surface area contributed by atoms with E-state index in [9.17, 15) is 0 Å². The normalized spacial score (nSPS) is 19.0. The van der Waals surface area contributed by atoms with Crippen molar-refractivity contribution in [3.63, 3.8) is 0 Å². The van der Waals surface area contributed by atoms with Gasteiger partial charge in [0.1, 0.15) is 0 Å². The highest BCUT2D eigenvalue weighted by Gasteiger charge is 2.22. The van der Waals surface area contributed by atoms with Gasteiger partial charge in [-0.25, -0.2) is 0 Å². The number of nitrogens with two attached hydrogens (primary N) is 1. The average Bonchev–Trinajstić information content (AvgIpc) is 3.00. The number of nitrogens with zero attached hydrogens (tertiary/aromatic N) is 3. The molecule has 1 saturated heterocycles. The van der Waals surface area contributed by atoms with Crippen molar-refractivity contribution in [3.05, 3.63) is 28.8 Å². The predicted molar refractivity (Wildman–Crippen MR) is 85.6 cm³/mol. The fourth-order valence-corrected chi connectivity index (χ4v) is 2.99. The van der Waals surface area contributed by atoms with Crippen LogP contribution >= 0.6 is 11.6 Å². The van der Waals surface area contributed by atoms with Crippen LogP contribution in [0, 0.1) is 12.8 Å². The van der Waals surface area contributed by atoms with Gasteiger partial charge in [0, 0.05) is 23.7 Å². The number of H-pyrrole nitrogens is 1. The summed E-state index contributed by atoms with van der Waals surface area (Å²) in [4.78, 5) is 6.84. The summed E-state index contributed by atoms with van der Waals surface area (Å²) >= 11 is 6.17. The molecule has 1 aromatic heterocycles. The highest BCUT2D eigenvalue weighted by atomic mass is 35.5. The SMILES string of the molecule is Cc1c(Cl)cccc1-c1nc(N2CCCC(CN)C2)n[nH]1. The quantitative estimate of drug-likeness (QED) is 0.914. The van der Waals surface area contributed by atoms with Crippen LogP contribution in [0.4, 0.5) is 5.95 Å². The van der Waals surface area contributed by atoms with Gasteiger partial charge < -0.3 is 10.6 Å². The third kappa shape index (κ3) is 2.89. The molecule has 2 aromatic rings. The van der Waals surface area contributed by atoms with Gasteiger partial charge in [-0.15, -0.1) is 5.10 Å². The van der Waals surface area contributed by atoms with Crippen LogP contribution in [0.3, 0.4) is 0 Å². The predicted octanol–water partition coefficient (Wildman–Crippen LogP) is 2.61. The fourth-order valence-electron chi connectivity index (χ4n) is 2.82. The second kappa shape index (κ2) is 6.03. The molecular formula is C15H20ClN5. The Bertz CT molecular complexity index is 624. The molecule has 3 N–H and O–H groups in total. The third-order valence-corrected chi connectivity index (χ3v) is 4.54. The van der Waals surface area contributed by atoms with E-state index in [0.717, 1.165) is 54.0 Å². The molecule has 1 aliphatic heterocycles. The van der Waals surface area contributed by atoms with Crippen molar-refractivity contribution < 1.29 is 0 Å². The van der Waals surface area contributed by atoms with Crippen molar-refractivity contribution in [2.24, 2.45) is 11.7 Å². The Morgan fingerprint density at radius 2 is 2.33 bits per heavy atom. The van der Waals surface area contributed by atoms with Gasteiger partial charge in [-0.1, -0.05) is 23.7 Å². The summed E-state index contributed by atoms with van der Waals surface area (Å²) in [5.41, 5.74) is 7.79. The second-order valence-corrected chi connectivity index (χ2v) is 5.99. The molecule has 0 aliphatic carbocycles. The van der Waals surface area contributed by atoms with Crippen LogP contribution in [0.2, 0.25) is 5.02 Å². The maximum atomic E-state index is 6.17. The molecular weight excluding hydrogens is 286 g/mol. The van der Waals surface area contributed by atoms with Gasteiger partial charge in [0.05, 0.1) is 0 Å².